The number of likely N-dealkylation sites (tertiary alicyclic amines) is 1. The summed E-state index contributed by atoms with van der Waals surface area (Å²) < 4.78 is 12.1. The van der Waals surface area contributed by atoms with Gasteiger partial charge in [-0.15, -0.1) is 0 Å². The predicted molar refractivity (Wildman–Crippen MR) is 140 cm³/mol. The second kappa shape index (κ2) is 10.4. The van der Waals surface area contributed by atoms with Crippen LogP contribution in [0.4, 0.5) is 16.2 Å². The minimum absolute atomic E-state index is 0.0562. The van der Waals surface area contributed by atoms with Gasteiger partial charge in [0.2, 0.25) is 5.91 Å². The number of methoxy groups -OCH3 is 2. The van der Waals surface area contributed by atoms with Crippen LogP contribution in [0, 0.1) is 5.92 Å². The van der Waals surface area contributed by atoms with E-state index < -0.39 is 0 Å². The number of benzene rings is 2. The summed E-state index contributed by atoms with van der Waals surface area (Å²) in [5.74, 6) is 1.39. The quantitative estimate of drug-likeness (QED) is 0.535. The monoisotopic (exact) mass is 502 g/mol. The van der Waals surface area contributed by atoms with Crippen LogP contribution in [0.15, 0.2) is 65.5 Å². The van der Waals surface area contributed by atoms with Gasteiger partial charge in [-0.2, -0.15) is 0 Å². The van der Waals surface area contributed by atoms with Crippen LogP contribution in [-0.2, 0) is 17.8 Å². The van der Waals surface area contributed by atoms with Crippen LogP contribution < -0.4 is 25.7 Å². The van der Waals surface area contributed by atoms with Crippen molar-refractivity contribution in [1.29, 1.82) is 0 Å². The van der Waals surface area contributed by atoms with E-state index in [1.54, 1.807) is 54.0 Å². The smallest absolute Gasteiger partial charge is 0.321 e. The molecular weight excluding hydrogens is 472 g/mol. The molecule has 0 unspecified atom stereocenters. The molecule has 2 aliphatic rings. The van der Waals surface area contributed by atoms with Crippen molar-refractivity contribution in [3.8, 4) is 11.5 Å². The van der Waals surface area contributed by atoms with E-state index in [-0.39, 0.29) is 35.8 Å². The molecule has 3 amide bonds. The van der Waals surface area contributed by atoms with E-state index in [4.69, 9.17) is 9.47 Å². The third-order valence-electron chi connectivity index (χ3n) is 7.02. The Hall–Kier alpha value is -4.27. The van der Waals surface area contributed by atoms with E-state index in [9.17, 15) is 14.4 Å². The summed E-state index contributed by atoms with van der Waals surface area (Å²) in [6.07, 6.45) is 1.06. The fraction of sp³-hybridized carbons (Fsp3) is 0.321. The Labute approximate surface area is 215 Å². The number of nitrogens with zero attached hydrogens (tertiary/aromatic N) is 2. The van der Waals surface area contributed by atoms with E-state index in [1.807, 2.05) is 24.3 Å². The lowest BCUT2D eigenvalue weighted by Crippen LogP contribution is -2.50. The molecule has 0 aliphatic carbocycles. The number of ether oxygens (including phenoxy) is 2. The summed E-state index contributed by atoms with van der Waals surface area (Å²) in [5, 5.41) is 5.97. The number of carbonyl (C=O) groups excluding carboxylic acids is 2. The number of nitrogens with one attached hydrogen (secondary N) is 2. The number of hydrogen-bond acceptors (Lipinski definition) is 5. The molecule has 0 radical (unpaired) electrons. The second-order valence-corrected chi connectivity index (χ2v) is 9.52. The standard InChI is InChI=1S/C28H30N4O5/c1-36-22-7-3-18(4-8-22)14-25(33)30-24-11-12-26(34)32-16-19-13-20(27(24)32)17-31(15-19)28(35)29-21-5-9-23(37-2)10-6-21/h3-12,19-20H,13-17H2,1-2H3,(H,29,35)(H,30,33)/t19-,20-/m0/s1. The Balaban J connectivity index is 1.32. The third kappa shape index (κ3) is 5.30. The highest BCUT2D eigenvalue weighted by Gasteiger charge is 2.38. The zero-order chi connectivity index (χ0) is 25.9. The molecule has 3 aromatic rings. The number of piperidine rings is 1. The number of pyridine rings is 1. The molecular formula is C28H30N4O5. The number of rotatable bonds is 6. The lowest BCUT2D eigenvalue weighted by Gasteiger charge is -2.43. The van der Waals surface area contributed by atoms with Gasteiger partial charge in [-0.05, 0) is 60.4 Å². The molecule has 9 heteroatoms. The van der Waals surface area contributed by atoms with Crippen LogP contribution >= 0.6 is 0 Å². The van der Waals surface area contributed by atoms with Gasteiger partial charge in [0.1, 0.15) is 11.5 Å². The van der Waals surface area contributed by atoms with Gasteiger partial charge in [-0.3, -0.25) is 9.59 Å². The molecule has 2 aromatic carbocycles. The number of fused-ring (bicyclic) bond motifs is 4. The first-order valence-electron chi connectivity index (χ1n) is 12.3. The Bertz CT molecular complexity index is 1350. The van der Waals surface area contributed by atoms with Gasteiger partial charge < -0.3 is 29.6 Å². The fourth-order valence-electron chi connectivity index (χ4n) is 5.29. The molecule has 2 aliphatic heterocycles. The van der Waals surface area contributed by atoms with Crippen LogP contribution in [0.2, 0.25) is 0 Å². The Morgan fingerprint density at radius 2 is 1.54 bits per heavy atom. The lowest BCUT2D eigenvalue weighted by atomic mass is 9.82. The lowest BCUT2D eigenvalue weighted by molar-refractivity contribution is -0.115. The normalized spacial score (nSPS) is 17.9. The molecule has 1 fully saturated rings. The minimum atomic E-state index is -0.184. The summed E-state index contributed by atoms with van der Waals surface area (Å²) in [6.45, 7) is 1.54. The summed E-state index contributed by atoms with van der Waals surface area (Å²) in [7, 11) is 3.20. The van der Waals surface area contributed by atoms with Gasteiger partial charge in [0.15, 0.2) is 0 Å². The van der Waals surface area contributed by atoms with Crippen molar-refractivity contribution in [3.05, 3.63) is 82.3 Å². The van der Waals surface area contributed by atoms with Crippen molar-refractivity contribution in [2.75, 3.05) is 37.9 Å². The highest BCUT2D eigenvalue weighted by Crippen LogP contribution is 2.38. The van der Waals surface area contributed by atoms with Gasteiger partial charge in [0.05, 0.1) is 26.3 Å². The van der Waals surface area contributed by atoms with Crippen LogP contribution in [0.5, 0.6) is 11.5 Å². The molecule has 0 spiro atoms. The highest BCUT2D eigenvalue weighted by atomic mass is 16.5. The van der Waals surface area contributed by atoms with Gasteiger partial charge in [-0.25, -0.2) is 4.79 Å². The van der Waals surface area contributed by atoms with Crippen molar-refractivity contribution >= 4 is 23.3 Å². The maximum absolute atomic E-state index is 13.1. The van der Waals surface area contributed by atoms with Crippen LogP contribution in [-0.4, -0.2) is 48.7 Å². The Morgan fingerprint density at radius 1 is 0.865 bits per heavy atom. The zero-order valence-electron chi connectivity index (χ0n) is 20.9. The van der Waals surface area contributed by atoms with Crippen LogP contribution in [0.25, 0.3) is 0 Å². The molecule has 1 saturated heterocycles. The van der Waals surface area contributed by atoms with E-state index in [1.165, 1.54) is 6.07 Å². The van der Waals surface area contributed by atoms with E-state index in [0.717, 1.165) is 23.4 Å². The number of anilines is 2. The third-order valence-corrected chi connectivity index (χ3v) is 7.02. The number of aromatic nitrogens is 1. The summed E-state index contributed by atoms with van der Waals surface area (Å²) in [4.78, 5) is 40.5. The maximum Gasteiger partial charge on any atom is 0.321 e. The topological polar surface area (TPSA) is 102 Å². The fourth-order valence-corrected chi connectivity index (χ4v) is 5.29. The molecule has 0 saturated carbocycles. The van der Waals surface area contributed by atoms with Gasteiger partial charge in [0.25, 0.3) is 5.56 Å². The van der Waals surface area contributed by atoms with Gasteiger partial charge in [0, 0.05) is 43.0 Å². The number of urea groups is 1. The Morgan fingerprint density at radius 3 is 2.22 bits per heavy atom. The van der Waals surface area contributed by atoms with Crippen molar-refractivity contribution in [3.63, 3.8) is 0 Å². The molecule has 192 valence electrons. The largest absolute Gasteiger partial charge is 0.497 e. The van der Waals surface area contributed by atoms with Crippen molar-refractivity contribution < 1.29 is 19.1 Å². The first kappa shape index (κ1) is 24.4. The molecule has 1 aromatic heterocycles. The molecule has 2 bridgehead atoms. The molecule has 2 N–H and O–H groups in total. The molecule has 5 rings (SSSR count). The molecule has 2 atom stereocenters. The SMILES string of the molecule is COc1ccc(CC(=O)Nc2ccc(=O)n3c2[C@H]2C[C@@H](CN(C(=O)Nc4ccc(OC)cc4)C2)C3)cc1. The van der Waals surface area contributed by atoms with Gasteiger partial charge >= 0.3 is 6.03 Å². The van der Waals surface area contributed by atoms with Crippen molar-refractivity contribution in [2.24, 2.45) is 5.92 Å². The number of amides is 3. The minimum Gasteiger partial charge on any atom is -0.497 e. The molecule has 3 heterocycles. The molecule has 9 nitrogen and oxygen atoms in total. The summed E-state index contributed by atoms with van der Waals surface area (Å²) in [5.41, 5.74) is 2.87. The Kier molecular flexibility index (Phi) is 6.85. The summed E-state index contributed by atoms with van der Waals surface area (Å²) in [6, 6.07) is 17.5. The van der Waals surface area contributed by atoms with E-state index in [2.05, 4.69) is 10.6 Å². The van der Waals surface area contributed by atoms with Crippen LogP contribution in [0.3, 0.4) is 0 Å². The second-order valence-electron chi connectivity index (χ2n) is 9.52. The summed E-state index contributed by atoms with van der Waals surface area (Å²) >= 11 is 0. The van der Waals surface area contributed by atoms with Crippen molar-refractivity contribution in [2.45, 2.75) is 25.3 Å². The number of hydrogen-bond donors (Lipinski definition) is 2. The van der Waals surface area contributed by atoms with E-state index in [0.29, 0.717) is 36.8 Å². The van der Waals surface area contributed by atoms with Gasteiger partial charge in [-0.1, -0.05) is 12.1 Å². The predicted octanol–water partition coefficient (Wildman–Crippen LogP) is 3.70. The zero-order valence-corrected chi connectivity index (χ0v) is 20.9. The number of carbonyl (C=O) groups is 2. The first-order valence-corrected chi connectivity index (χ1v) is 12.3. The van der Waals surface area contributed by atoms with Crippen molar-refractivity contribution in [1.82, 2.24) is 9.47 Å². The molecule has 37 heavy (non-hydrogen) atoms. The first-order chi connectivity index (χ1) is 17.9. The average Bonchev–Trinajstić information content (AvgIpc) is 2.91. The van der Waals surface area contributed by atoms with E-state index >= 15 is 0 Å². The average molecular weight is 503 g/mol. The maximum atomic E-state index is 13.1. The highest BCUT2D eigenvalue weighted by molar-refractivity contribution is 5.93. The van der Waals surface area contributed by atoms with Crippen LogP contribution in [0.1, 0.15) is 23.6 Å².